The standard InChI is InChI=1S/C21H28N4O6S/c1-23(2)19-14-32(29,30)13-18(19)22-17(20(26)27)12-15-4-6-16(7-5-15)31-21(28)25-10-8-24(3)9-11-25/h4-7,13-14,17,22H,8-12H2,1-3H3,(H,26,27). The number of carboxylic acids is 1. The zero-order valence-electron chi connectivity index (χ0n) is 18.3. The molecule has 32 heavy (non-hydrogen) atoms. The first-order valence-corrected chi connectivity index (χ1v) is 11.7. The number of piperazine rings is 1. The van der Waals surface area contributed by atoms with Crippen LogP contribution in [0, 0.1) is 0 Å². The van der Waals surface area contributed by atoms with Crippen molar-refractivity contribution in [2.45, 2.75) is 12.5 Å². The smallest absolute Gasteiger partial charge is 0.415 e. The number of sulfone groups is 1. The number of hydrogen-bond acceptors (Lipinski definition) is 8. The van der Waals surface area contributed by atoms with Gasteiger partial charge in [0.25, 0.3) is 0 Å². The SMILES string of the molecule is CN1CCN(C(=O)Oc2ccc(CC(NC3=CS(=O)(=O)C=C3N(C)C)C(=O)O)cc2)CC1. The van der Waals surface area contributed by atoms with Crippen LogP contribution in [0.3, 0.4) is 0 Å². The maximum absolute atomic E-state index is 12.3. The average Bonchev–Trinajstić information content (AvgIpc) is 3.03. The van der Waals surface area contributed by atoms with Gasteiger partial charge < -0.3 is 29.9 Å². The molecule has 1 amide bonds. The molecule has 1 atom stereocenters. The van der Waals surface area contributed by atoms with Gasteiger partial charge in [-0.15, -0.1) is 0 Å². The van der Waals surface area contributed by atoms with Crippen molar-refractivity contribution >= 4 is 21.9 Å². The second-order valence-electron chi connectivity index (χ2n) is 8.06. The number of nitrogens with zero attached hydrogens (tertiary/aromatic N) is 3. The third-order valence-electron chi connectivity index (χ3n) is 5.27. The van der Waals surface area contributed by atoms with Crippen molar-refractivity contribution in [2.24, 2.45) is 0 Å². The molecule has 10 nitrogen and oxygen atoms in total. The molecule has 2 aliphatic rings. The number of benzene rings is 1. The minimum absolute atomic E-state index is 0.111. The number of carbonyl (C=O) groups is 2. The normalized spacial score (nSPS) is 19.0. The molecule has 2 N–H and O–H groups in total. The lowest BCUT2D eigenvalue weighted by atomic mass is 10.1. The molecule has 0 spiro atoms. The van der Waals surface area contributed by atoms with Crippen LogP contribution in [0.15, 0.2) is 46.5 Å². The number of rotatable bonds is 7. The van der Waals surface area contributed by atoms with E-state index >= 15 is 0 Å². The molecule has 1 aromatic carbocycles. The van der Waals surface area contributed by atoms with E-state index < -0.39 is 27.9 Å². The molecule has 1 unspecified atom stereocenters. The monoisotopic (exact) mass is 464 g/mol. The first-order valence-electron chi connectivity index (χ1n) is 10.1. The number of carbonyl (C=O) groups excluding carboxylic acids is 1. The first-order chi connectivity index (χ1) is 15.0. The summed E-state index contributed by atoms with van der Waals surface area (Å²) in [4.78, 5) is 29.5. The van der Waals surface area contributed by atoms with E-state index in [1.165, 1.54) is 0 Å². The molecule has 0 bridgehead atoms. The summed E-state index contributed by atoms with van der Waals surface area (Å²) in [6, 6.07) is 5.57. The van der Waals surface area contributed by atoms with E-state index in [0.29, 0.717) is 30.1 Å². The second kappa shape index (κ2) is 9.61. The van der Waals surface area contributed by atoms with Crippen LogP contribution in [-0.4, -0.2) is 93.7 Å². The molecular weight excluding hydrogens is 436 g/mol. The molecule has 1 fully saturated rings. The van der Waals surface area contributed by atoms with Crippen LogP contribution in [0.5, 0.6) is 5.75 Å². The molecular formula is C21H28N4O6S. The summed E-state index contributed by atoms with van der Waals surface area (Å²) in [6.07, 6.45) is -0.298. The van der Waals surface area contributed by atoms with E-state index in [2.05, 4.69) is 10.2 Å². The molecule has 0 saturated carbocycles. The fraction of sp³-hybridized carbons (Fsp3) is 0.429. The van der Waals surface area contributed by atoms with Crippen LogP contribution in [0.4, 0.5) is 4.79 Å². The maximum atomic E-state index is 12.3. The number of ether oxygens (including phenoxy) is 1. The molecule has 1 saturated heterocycles. The Labute approximate surface area is 187 Å². The molecule has 11 heteroatoms. The van der Waals surface area contributed by atoms with Crippen LogP contribution >= 0.6 is 0 Å². The lowest BCUT2D eigenvalue weighted by Gasteiger charge is -2.31. The molecule has 0 aromatic heterocycles. The molecule has 2 aliphatic heterocycles. The van der Waals surface area contributed by atoms with Gasteiger partial charge in [-0.2, -0.15) is 0 Å². The Morgan fingerprint density at radius 2 is 1.75 bits per heavy atom. The molecule has 0 radical (unpaired) electrons. The van der Waals surface area contributed by atoms with E-state index in [9.17, 15) is 23.1 Å². The summed E-state index contributed by atoms with van der Waals surface area (Å²) in [6.45, 7) is 2.79. The van der Waals surface area contributed by atoms with Crippen molar-refractivity contribution in [3.63, 3.8) is 0 Å². The highest BCUT2D eigenvalue weighted by Gasteiger charge is 2.27. The Hall–Kier alpha value is -3.05. The third-order valence-corrected chi connectivity index (χ3v) is 6.39. The van der Waals surface area contributed by atoms with Crippen LogP contribution in [-0.2, 0) is 21.1 Å². The Bertz CT molecular complexity index is 1020. The number of hydrogen-bond donors (Lipinski definition) is 2. The quantitative estimate of drug-likeness (QED) is 0.601. The number of carboxylic acid groups (broad SMARTS) is 1. The predicted octanol–water partition coefficient (Wildman–Crippen LogP) is 0.691. The van der Waals surface area contributed by atoms with Gasteiger partial charge in [0.15, 0.2) is 9.84 Å². The van der Waals surface area contributed by atoms with E-state index in [1.807, 2.05) is 7.05 Å². The van der Waals surface area contributed by atoms with E-state index in [-0.39, 0.29) is 12.1 Å². The van der Waals surface area contributed by atoms with Crippen LogP contribution in [0.2, 0.25) is 0 Å². The van der Waals surface area contributed by atoms with Crippen molar-refractivity contribution in [3.8, 4) is 5.75 Å². The highest BCUT2D eigenvalue weighted by molar-refractivity contribution is 7.97. The highest BCUT2D eigenvalue weighted by atomic mass is 32.2. The zero-order chi connectivity index (χ0) is 23.5. The van der Waals surface area contributed by atoms with Gasteiger partial charge in [0.2, 0.25) is 0 Å². The summed E-state index contributed by atoms with van der Waals surface area (Å²) in [5.74, 6) is -0.737. The summed E-state index contributed by atoms with van der Waals surface area (Å²) < 4.78 is 29.2. The lowest BCUT2D eigenvalue weighted by molar-refractivity contribution is -0.139. The van der Waals surface area contributed by atoms with Crippen molar-refractivity contribution in [1.29, 1.82) is 0 Å². The van der Waals surface area contributed by atoms with Gasteiger partial charge in [-0.25, -0.2) is 18.0 Å². The van der Waals surface area contributed by atoms with Gasteiger partial charge in [0, 0.05) is 46.7 Å². The summed E-state index contributed by atoms with van der Waals surface area (Å²) in [7, 11) is 1.82. The van der Waals surface area contributed by atoms with Gasteiger partial charge in [-0.1, -0.05) is 12.1 Å². The van der Waals surface area contributed by atoms with Crippen molar-refractivity contribution in [2.75, 3.05) is 47.3 Å². The topological polar surface area (TPSA) is 119 Å². The molecule has 0 aliphatic carbocycles. The second-order valence-corrected chi connectivity index (χ2v) is 9.71. The van der Waals surface area contributed by atoms with E-state index in [4.69, 9.17) is 4.74 Å². The van der Waals surface area contributed by atoms with Gasteiger partial charge in [0.1, 0.15) is 11.8 Å². The van der Waals surface area contributed by atoms with Gasteiger partial charge in [0.05, 0.1) is 22.2 Å². The Morgan fingerprint density at radius 3 is 2.31 bits per heavy atom. The van der Waals surface area contributed by atoms with E-state index in [1.54, 1.807) is 48.2 Å². The summed E-state index contributed by atoms with van der Waals surface area (Å²) in [5, 5.41) is 14.6. The largest absolute Gasteiger partial charge is 0.480 e. The number of nitrogens with one attached hydrogen (secondary N) is 1. The highest BCUT2D eigenvalue weighted by Crippen LogP contribution is 2.23. The number of amides is 1. The summed E-state index contributed by atoms with van der Waals surface area (Å²) >= 11 is 0. The average molecular weight is 465 g/mol. The van der Waals surface area contributed by atoms with Crippen LogP contribution < -0.4 is 10.1 Å². The van der Waals surface area contributed by atoms with Crippen molar-refractivity contribution in [1.82, 2.24) is 20.0 Å². The van der Waals surface area contributed by atoms with Crippen LogP contribution in [0.1, 0.15) is 5.56 Å². The third kappa shape index (κ3) is 6.01. The Morgan fingerprint density at radius 1 is 1.12 bits per heavy atom. The Kier molecular flexibility index (Phi) is 7.09. The van der Waals surface area contributed by atoms with Crippen molar-refractivity contribution < 1.29 is 27.9 Å². The fourth-order valence-electron chi connectivity index (χ4n) is 3.40. The predicted molar refractivity (Wildman–Crippen MR) is 119 cm³/mol. The number of likely N-dealkylation sites (N-methyl/N-ethyl adjacent to an activating group) is 2. The minimum Gasteiger partial charge on any atom is -0.480 e. The fourth-order valence-corrected chi connectivity index (χ4v) is 4.64. The Balaban J connectivity index is 1.63. The lowest BCUT2D eigenvalue weighted by Crippen LogP contribution is -2.48. The molecule has 174 valence electrons. The van der Waals surface area contributed by atoms with Crippen molar-refractivity contribution in [3.05, 3.63) is 52.0 Å². The summed E-state index contributed by atoms with van der Waals surface area (Å²) in [5.41, 5.74) is 1.32. The molecule has 3 rings (SSSR count). The van der Waals surface area contributed by atoms with E-state index in [0.717, 1.165) is 23.9 Å². The maximum Gasteiger partial charge on any atom is 0.415 e. The molecule has 2 heterocycles. The van der Waals surface area contributed by atoms with Gasteiger partial charge >= 0.3 is 12.1 Å². The first kappa shape index (κ1) is 23.6. The minimum atomic E-state index is -3.54. The van der Waals surface area contributed by atoms with Crippen LogP contribution in [0.25, 0.3) is 0 Å². The van der Waals surface area contributed by atoms with Gasteiger partial charge in [-0.3, -0.25) is 0 Å². The zero-order valence-corrected chi connectivity index (χ0v) is 19.1. The molecule has 1 aromatic rings. The number of aliphatic carboxylic acids is 1. The van der Waals surface area contributed by atoms with Gasteiger partial charge in [-0.05, 0) is 24.7 Å².